The van der Waals surface area contributed by atoms with Crippen LogP contribution in [-0.4, -0.2) is 12.0 Å². The van der Waals surface area contributed by atoms with E-state index in [0.29, 0.717) is 0 Å². The van der Waals surface area contributed by atoms with Gasteiger partial charge in [0.25, 0.3) is 0 Å². The Bertz CT molecular complexity index is 334. The number of nitrogens with zero attached hydrogens (tertiary/aromatic N) is 1. The standard InChI is InChI=1S/C14H26N2S/c1-7-10(3)9-14(8-2,15-6)13-16-11(4)12(5)17-13/h10,15H,7-9H2,1-6H3. The van der Waals surface area contributed by atoms with Gasteiger partial charge in [-0.15, -0.1) is 11.3 Å². The van der Waals surface area contributed by atoms with Crippen LogP contribution in [-0.2, 0) is 5.54 Å². The average molecular weight is 254 g/mol. The van der Waals surface area contributed by atoms with Crippen LogP contribution < -0.4 is 5.32 Å². The molecule has 2 nitrogen and oxygen atoms in total. The molecule has 1 aromatic rings. The smallest absolute Gasteiger partial charge is 0.113 e. The van der Waals surface area contributed by atoms with E-state index in [2.05, 4.69) is 47.0 Å². The Hall–Kier alpha value is -0.410. The summed E-state index contributed by atoms with van der Waals surface area (Å²) >= 11 is 1.85. The van der Waals surface area contributed by atoms with Crippen molar-refractivity contribution in [2.45, 2.75) is 59.4 Å². The molecule has 1 N–H and O–H groups in total. The molecule has 3 heteroatoms. The molecular weight excluding hydrogens is 228 g/mol. The van der Waals surface area contributed by atoms with Crippen LogP contribution >= 0.6 is 11.3 Å². The first-order valence-corrected chi connectivity index (χ1v) is 7.44. The molecule has 0 aliphatic heterocycles. The first-order valence-electron chi connectivity index (χ1n) is 6.62. The van der Waals surface area contributed by atoms with Crippen molar-refractivity contribution in [1.82, 2.24) is 10.3 Å². The third-order valence-electron chi connectivity index (χ3n) is 3.91. The Labute approximate surface area is 110 Å². The van der Waals surface area contributed by atoms with Gasteiger partial charge in [-0.05, 0) is 39.7 Å². The fourth-order valence-electron chi connectivity index (χ4n) is 2.19. The molecule has 0 amide bonds. The summed E-state index contributed by atoms with van der Waals surface area (Å²) in [5.74, 6) is 0.729. The molecule has 1 rings (SSSR count). The van der Waals surface area contributed by atoms with Gasteiger partial charge < -0.3 is 5.32 Å². The van der Waals surface area contributed by atoms with E-state index in [4.69, 9.17) is 4.98 Å². The Kier molecular flexibility index (Phi) is 5.14. The van der Waals surface area contributed by atoms with Crippen molar-refractivity contribution in [3.8, 4) is 0 Å². The number of hydrogen-bond donors (Lipinski definition) is 1. The van der Waals surface area contributed by atoms with Crippen molar-refractivity contribution in [2.75, 3.05) is 7.05 Å². The van der Waals surface area contributed by atoms with Gasteiger partial charge >= 0.3 is 0 Å². The first-order chi connectivity index (χ1) is 7.99. The summed E-state index contributed by atoms with van der Waals surface area (Å²) < 4.78 is 0. The van der Waals surface area contributed by atoms with E-state index in [1.54, 1.807) is 0 Å². The monoisotopic (exact) mass is 254 g/mol. The summed E-state index contributed by atoms with van der Waals surface area (Å²) in [6.45, 7) is 11.1. The molecule has 1 heterocycles. The van der Waals surface area contributed by atoms with Crippen molar-refractivity contribution in [1.29, 1.82) is 0 Å². The molecule has 1 aromatic heterocycles. The lowest BCUT2D eigenvalue weighted by Gasteiger charge is -2.33. The highest BCUT2D eigenvalue weighted by atomic mass is 32.1. The van der Waals surface area contributed by atoms with Crippen molar-refractivity contribution in [2.24, 2.45) is 5.92 Å². The molecule has 0 aliphatic carbocycles. The van der Waals surface area contributed by atoms with Gasteiger partial charge in [-0.2, -0.15) is 0 Å². The predicted molar refractivity (Wildman–Crippen MR) is 76.7 cm³/mol. The van der Waals surface area contributed by atoms with Crippen LogP contribution in [0.3, 0.4) is 0 Å². The molecule has 0 spiro atoms. The lowest BCUT2D eigenvalue weighted by molar-refractivity contribution is 0.266. The minimum atomic E-state index is 0.0686. The number of aromatic nitrogens is 1. The van der Waals surface area contributed by atoms with E-state index in [1.807, 2.05) is 11.3 Å². The van der Waals surface area contributed by atoms with Crippen LogP contribution in [0.2, 0.25) is 0 Å². The molecule has 2 unspecified atom stereocenters. The maximum absolute atomic E-state index is 4.77. The van der Waals surface area contributed by atoms with Gasteiger partial charge in [-0.3, -0.25) is 0 Å². The fourth-order valence-corrected chi connectivity index (χ4v) is 3.38. The summed E-state index contributed by atoms with van der Waals surface area (Å²) in [6, 6.07) is 0. The van der Waals surface area contributed by atoms with Crippen molar-refractivity contribution < 1.29 is 0 Å². The van der Waals surface area contributed by atoms with Gasteiger partial charge in [0.1, 0.15) is 5.01 Å². The first kappa shape index (κ1) is 14.7. The molecule has 0 saturated carbocycles. The highest BCUT2D eigenvalue weighted by molar-refractivity contribution is 7.11. The Morgan fingerprint density at radius 3 is 2.35 bits per heavy atom. The lowest BCUT2D eigenvalue weighted by atomic mass is 9.85. The molecule has 0 bridgehead atoms. The normalized spacial score (nSPS) is 16.8. The second-order valence-electron chi connectivity index (χ2n) is 5.06. The quantitative estimate of drug-likeness (QED) is 0.829. The van der Waals surface area contributed by atoms with Crippen LogP contribution in [0, 0.1) is 19.8 Å². The van der Waals surface area contributed by atoms with Crippen LogP contribution in [0.5, 0.6) is 0 Å². The summed E-state index contributed by atoms with van der Waals surface area (Å²) in [5, 5.41) is 4.80. The minimum absolute atomic E-state index is 0.0686. The molecule has 98 valence electrons. The largest absolute Gasteiger partial charge is 0.308 e. The van der Waals surface area contributed by atoms with Crippen molar-refractivity contribution >= 4 is 11.3 Å². The molecule has 0 aliphatic rings. The third-order valence-corrected chi connectivity index (χ3v) is 5.19. The molecule has 0 saturated heterocycles. The third kappa shape index (κ3) is 3.08. The summed E-state index contributed by atoms with van der Waals surface area (Å²) in [4.78, 5) is 6.11. The second-order valence-corrected chi connectivity index (χ2v) is 6.27. The molecule has 17 heavy (non-hydrogen) atoms. The summed E-state index contributed by atoms with van der Waals surface area (Å²) in [6.07, 6.45) is 3.50. The maximum atomic E-state index is 4.77. The summed E-state index contributed by atoms with van der Waals surface area (Å²) in [5.41, 5.74) is 1.25. The molecule has 0 fully saturated rings. The zero-order chi connectivity index (χ0) is 13.1. The number of thiazole rings is 1. The van der Waals surface area contributed by atoms with Crippen molar-refractivity contribution in [3.05, 3.63) is 15.6 Å². The second kappa shape index (κ2) is 5.96. The van der Waals surface area contributed by atoms with Gasteiger partial charge in [0, 0.05) is 4.88 Å². The van der Waals surface area contributed by atoms with Gasteiger partial charge in [0.15, 0.2) is 0 Å². The van der Waals surface area contributed by atoms with Crippen molar-refractivity contribution in [3.63, 3.8) is 0 Å². The zero-order valence-electron chi connectivity index (χ0n) is 12.1. The van der Waals surface area contributed by atoms with Gasteiger partial charge in [-0.25, -0.2) is 4.98 Å². The molecule has 0 radical (unpaired) electrons. The highest BCUT2D eigenvalue weighted by Gasteiger charge is 2.33. The van der Waals surface area contributed by atoms with Crippen LogP contribution in [0.1, 0.15) is 55.6 Å². The lowest BCUT2D eigenvalue weighted by Crippen LogP contribution is -2.40. The molecular formula is C14H26N2S. The predicted octanol–water partition coefficient (Wildman–Crippen LogP) is 4.02. The summed E-state index contributed by atoms with van der Waals surface area (Å²) in [7, 11) is 2.07. The van der Waals surface area contributed by atoms with Crippen LogP contribution in [0.25, 0.3) is 0 Å². The SMILES string of the molecule is CCC(C)CC(CC)(NC)c1nc(C)c(C)s1. The van der Waals surface area contributed by atoms with E-state index in [1.165, 1.54) is 28.4 Å². The van der Waals surface area contributed by atoms with Gasteiger partial charge in [0.05, 0.1) is 11.2 Å². The fraction of sp³-hybridized carbons (Fsp3) is 0.786. The Morgan fingerprint density at radius 1 is 1.35 bits per heavy atom. The number of nitrogens with one attached hydrogen (secondary N) is 1. The average Bonchev–Trinajstić information content (AvgIpc) is 2.67. The Morgan fingerprint density at radius 2 is 2.00 bits per heavy atom. The minimum Gasteiger partial charge on any atom is -0.308 e. The van der Waals surface area contributed by atoms with Crippen LogP contribution in [0.4, 0.5) is 0 Å². The van der Waals surface area contributed by atoms with E-state index in [0.717, 1.165) is 12.3 Å². The number of aryl methyl sites for hydroxylation is 2. The van der Waals surface area contributed by atoms with E-state index < -0.39 is 0 Å². The van der Waals surface area contributed by atoms with Gasteiger partial charge in [0.2, 0.25) is 0 Å². The van der Waals surface area contributed by atoms with E-state index in [9.17, 15) is 0 Å². The number of rotatable bonds is 6. The van der Waals surface area contributed by atoms with E-state index in [-0.39, 0.29) is 5.54 Å². The topological polar surface area (TPSA) is 24.9 Å². The zero-order valence-corrected chi connectivity index (χ0v) is 12.9. The molecule has 0 aromatic carbocycles. The van der Waals surface area contributed by atoms with Gasteiger partial charge in [-0.1, -0.05) is 27.2 Å². The highest BCUT2D eigenvalue weighted by Crippen LogP contribution is 2.36. The Balaban J connectivity index is 3.05. The van der Waals surface area contributed by atoms with Crippen LogP contribution in [0.15, 0.2) is 0 Å². The van der Waals surface area contributed by atoms with E-state index >= 15 is 0 Å². The molecule has 2 atom stereocenters. The maximum Gasteiger partial charge on any atom is 0.113 e. The number of hydrogen-bond acceptors (Lipinski definition) is 3.